The van der Waals surface area contributed by atoms with Crippen molar-refractivity contribution < 1.29 is 4.79 Å². The van der Waals surface area contributed by atoms with Crippen LogP contribution in [0.5, 0.6) is 0 Å². The second kappa shape index (κ2) is 4.40. The van der Waals surface area contributed by atoms with Crippen molar-refractivity contribution in [2.45, 2.75) is 58.9 Å². The predicted octanol–water partition coefficient (Wildman–Crippen LogP) is 3.21. The third kappa shape index (κ3) is 1.91. The maximum absolute atomic E-state index is 11.5. The average Bonchev–Trinajstić information content (AvgIpc) is 2.55. The van der Waals surface area contributed by atoms with Crippen LogP contribution in [0.3, 0.4) is 0 Å². The first-order chi connectivity index (χ1) is 7.61. The standard InChI is InChI=1S/C13H20N2O/c1-9-13(11(3)16)10(2)15(14-9)12-7-5-4-6-8-12/h12H,4-8H2,1-3H3. The number of hydrogen-bond acceptors (Lipinski definition) is 2. The van der Waals surface area contributed by atoms with Crippen LogP contribution in [0, 0.1) is 13.8 Å². The summed E-state index contributed by atoms with van der Waals surface area (Å²) in [7, 11) is 0. The number of ketones is 1. The van der Waals surface area contributed by atoms with Crippen LogP contribution >= 0.6 is 0 Å². The van der Waals surface area contributed by atoms with Gasteiger partial charge < -0.3 is 0 Å². The smallest absolute Gasteiger partial charge is 0.163 e. The lowest BCUT2D eigenvalue weighted by Gasteiger charge is -2.23. The Labute approximate surface area is 96.8 Å². The van der Waals surface area contributed by atoms with Crippen LogP contribution in [0.4, 0.5) is 0 Å². The molecule has 2 rings (SSSR count). The Hall–Kier alpha value is -1.12. The van der Waals surface area contributed by atoms with E-state index in [0.29, 0.717) is 6.04 Å². The molecule has 0 radical (unpaired) electrons. The molecule has 1 aliphatic rings. The van der Waals surface area contributed by atoms with Crippen molar-refractivity contribution >= 4 is 5.78 Å². The molecular formula is C13H20N2O. The third-order valence-electron chi connectivity index (χ3n) is 3.60. The fraction of sp³-hybridized carbons (Fsp3) is 0.692. The SMILES string of the molecule is CC(=O)c1c(C)nn(C2CCCCC2)c1C. The summed E-state index contributed by atoms with van der Waals surface area (Å²) < 4.78 is 2.09. The van der Waals surface area contributed by atoms with Gasteiger partial charge in [0.05, 0.1) is 17.3 Å². The van der Waals surface area contributed by atoms with Gasteiger partial charge in [0.15, 0.2) is 5.78 Å². The third-order valence-corrected chi connectivity index (χ3v) is 3.60. The minimum atomic E-state index is 0.136. The lowest BCUT2D eigenvalue weighted by molar-refractivity contribution is 0.101. The second-order valence-electron chi connectivity index (χ2n) is 4.84. The monoisotopic (exact) mass is 220 g/mol. The first kappa shape index (κ1) is 11.4. The van der Waals surface area contributed by atoms with E-state index in [2.05, 4.69) is 9.78 Å². The molecule has 1 heterocycles. The van der Waals surface area contributed by atoms with Crippen molar-refractivity contribution in [3.63, 3.8) is 0 Å². The molecule has 1 fully saturated rings. The largest absolute Gasteiger partial charge is 0.294 e. The molecule has 0 aromatic carbocycles. The van der Waals surface area contributed by atoms with Gasteiger partial charge in [0.25, 0.3) is 0 Å². The molecule has 0 saturated heterocycles. The van der Waals surface area contributed by atoms with Crippen LogP contribution < -0.4 is 0 Å². The number of Topliss-reactive ketones (excluding diaryl/α,β-unsaturated/α-hetero) is 1. The fourth-order valence-electron chi connectivity index (χ4n) is 2.85. The van der Waals surface area contributed by atoms with Gasteiger partial charge in [-0.15, -0.1) is 0 Å². The number of nitrogens with zero attached hydrogens (tertiary/aromatic N) is 2. The van der Waals surface area contributed by atoms with Crippen molar-refractivity contribution in [2.75, 3.05) is 0 Å². The Kier molecular flexibility index (Phi) is 3.13. The van der Waals surface area contributed by atoms with Gasteiger partial charge in [-0.3, -0.25) is 9.48 Å². The quantitative estimate of drug-likeness (QED) is 0.717. The van der Waals surface area contributed by atoms with E-state index >= 15 is 0 Å². The van der Waals surface area contributed by atoms with Crippen LogP contribution in [0.1, 0.15) is 66.8 Å². The summed E-state index contributed by atoms with van der Waals surface area (Å²) in [5, 5.41) is 4.55. The van der Waals surface area contributed by atoms with Crippen LogP contribution in [0.15, 0.2) is 0 Å². The molecule has 1 aromatic rings. The zero-order valence-corrected chi connectivity index (χ0v) is 10.4. The molecule has 3 heteroatoms. The summed E-state index contributed by atoms with van der Waals surface area (Å²) in [4.78, 5) is 11.5. The first-order valence-electron chi connectivity index (χ1n) is 6.18. The van der Waals surface area contributed by atoms with Gasteiger partial charge in [0.2, 0.25) is 0 Å². The molecule has 1 aromatic heterocycles. The molecule has 16 heavy (non-hydrogen) atoms. The summed E-state index contributed by atoms with van der Waals surface area (Å²) in [5.74, 6) is 0.136. The van der Waals surface area contributed by atoms with Crippen LogP contribution in [-0.4, -0.2) is 15.6 Å². The Morgan fingerprint density at radius 3 is 2.38 bits per heavy atom. The summed E-state index contributed by atoms with van der Waals surface area (Å²) in [6.45, 7) is 5.58. The highest BCUT2D eigenvalue weighted by molar-refractivity contribution is 5.96. The van der Waals surface area contributed by atoms with Crippen molar-refractivity contribution in [3.8, 4) is 0 Å². The van der Waals surface area contributed by atoms with Crippen molar-refractivity contribution in [1.29, 1.82) is 0 Å². The summed E-state index contributed by atoms with van der Waals surface area (Å²) in [6.07, 6.45) is 6.34. The lowest BCUT2D eigenvalue weighted by atomic mass is 9.95. The number of aryl methyl sites for hydroxylation is 1. The molecule has 0 bridgehead atoms. The van der Waals surface area contributed by atoms with Crippen LogP contribution in [-0.2, 0) is 0 Å². The average molecular weight is 220 g/mol. The topological polar surface area (TPSA) is 34.9 Å². The molecule has 1 aliphatic carbocycles. The molecule has 1 saturated carbocycles. The van der Waals surface area contributed by atoms with Gasteiger partial charge >= 0.3 is 0 Å². The molecule has 3 nitrogen and oxygen atoms in total. The first-order valence-corrected chi connectivity index (χ1v) is 6.18. The van der Waals surface area contributed by atoms with Crippen LogP contribution in [0.2, 0.25) is 0 Å². The Morgan fingerprint density at radius 1 is 1.25 bits per heavy atom. The van der Waals surface area contributed by atoms with Crippen LogP contribution in [0.25, 0.3) is 0 Å². The maximum atomic E-state index is 11.5. The van der Waals surface area contributed by atoms with E-state index in [0.717, 1.165) is 17.0 Å². The highest BCUT2D eigenvalue weighted by atomic mass is 16.1. The van der Waals surface area contributed by atoms with Gasteiger partial charge in [-0.2, -0.15) is 5.10 Å². The summed E-state index contributed by atoms with van der Waals surface area (Å²) >= 11 is 0. The van der Waals surface area contributed by atoms with E-state index in [9.17, 15) is 4.79 Å². The van der Waals surface area contributed by atoms with Gasteiger partial charge in [-0.25, -0.2) is 0 Å². The van der Waals surface area contributed by atoms with E-state index in [1.165, 1.54) is 32.1 Å². The van der Waals surface area contributed by atoms with E-state index in [4.69, 9.17) is 0 Å². The van der Waals surface area contributed by atoms with Gasteiger partial charge in [0, 0.05) is 5.69 Å². The van der Waals surface area contributed by atoms with E-state index in [1.54, 1.807) is 6.92 Å². The van der Waals surface area contributed by atoms with Gasteiger partial charge in [0.1, 0.15) is 0 Å². The number of aromatic nitrogens is 2. The molecule has 0 atom stereocenters. The fourth-order valence-corrected chi connectivity index (χ4v) is 2.85. The lowest BCUT2D eigenvalue weighted by Crippen LogP contribution is -2.15. The van der Waals surface area contributed by atoms with Crippen molar-refractivity contribution in [1.82, 2.24) is 9.78 Å². The molecule has 0 unspecified atom stereocenters. The highest BCUT2D eigenvalue weighted by Crippen LogP contribution is 2.30. The zero-order valence-electron chi connectivity index (χ0n) is 10.4. The summed E-state index contributed by atoms with van der Waals surface area (Å²) in [5.41, 5.74) is 2.76. The number of hydrogen-bond donors (Lipinski definition) is 0. The van der Waals surface area contributed by atoms with Crippen molar-refractivity contribution in [2.24, 2.45) is 0 Å². The van der Waals surface area contributed by atoms with Gasteiger partial charge in [-0.1, -0.05) is 19.3 Å². The Balaban J connectivity index is 2.34. The predicted molar refractivity (Wildman–Crippen MR) is 63.8 cm³/mol. The molecular weight excluding hydrogens is 200 g/mol. The minimum absolute atomic E-state index is 0.136. The molecule has 0 amide bonds. The Bertz CT molecular complexity index is 400. The molecule has 0 spiro atoms. The Morgan fingerprint density at radius 2 is 1.88 bits per heavy atom. The highest BCUT2D eigenvalue weighted by Gasteiger charge is 2.22. The normalized spacial score (nSPS) is 17.7. The van der Waals surface area contributed by atoms with Crippen molar-refractivity contribution in [3.05, 3.63) is 17.0 Å². The minimum Gasteiger partial charge on any atom is -0.294 e. The molecule has 0 N–H and O–H groups in total. The molecule has 0 aliphatic heterocycles. The second-order valence-corrected chi connectivity index (χ2v) is 4.84. The maximum Gasteiger partial charge on any atom is 0.163 e. The number of carbonyl (C=O) groups excluding carboxylic acids is 1. The number of rotatable bonds is 2. The zero-order chi connectivity index (χ0) is 11.7. The van der Waals surface area contributed by atoms with E-state index < -0.39 is 0 Å². The summed E-state index contributed by atoms with van der Waals surface area (Å²) in [6, 6.07) is 0.514. The van der Waals surface area contributed by atoms with E-state index in [-0.39, 0.29) is 5.78 Å². The number of carbonyl (C=O) groups is 1. The van der Waals surface area contributed by atoms with E-state index in [1.807, 2.05) is 13.8 Å². The molecule has 88 valence electrons. The van der Waals surface area contributed by atoms with Gasteiger partial charge in [-0.05, 0) is 33.6 Å².